The minimum atomic E-state index is -0.126. The topological polar surface area (TPSA) is 50.4 Å². The highest BCUT2D eigenvalue weighted by Gasteiger charge is 2.10. The number of hydrogen-bond acceptors (Lipinski definition) is 2. The average molecular weight is 290 g/mol. The van der Waals surface area contributed by atoms with Gasteiger partial charge in [0.2, 0.25) is 0 Å². The number of fused-ring (bicyclic) bond motifs is 1. The number of carbonyl (C=O) groups is 1. The molecular weight excluding hydrogens is 264 g/mol. The summed E-state index contributed by atoms with van der Waals surface area (Å²) in [5.74, 6) is 0.903. The van der Waals surface area contributed by atoms with E-state index in [2.05, 4.69) is 22.8 Å². The number of amides is 2. The predicted molar refractivity (Wildman–Crippen MR) is 84.9 cm³/mol. The van der Waals surface area contributed by atoms with Gasteiger partial charge in [-0.15, -0.1) is 0 Å². The van der Waals surface area contributed by atoms with Crippen LogP contribution in [0.25, 0.3) is 0 Å². The maximum absolute atomic E-state index is 11.5. The normalized spacial score (nSPS) is 15.0. The fraction of sp³-hybridized carbons (Fsp3) is 0.588. The van der Waals surface area contributed by atoms with E-state index in [-0.39, 0.29) is 12.1 Å². The number of hydrogen-bond donors (Lipinski definition) is 2. The molecule has 0 radical (unpaired) electrons. The molecule has 0 bridgehead atoms. The summed E-state index contributed by atoms with van der Waals surface area (Å²) >= 11 is 0. The molecule has 2 amide bonds. The van der Waals surface area contributed by atoms with E-state index in [9.17, 15) is 4.79 Å². The molecule has 0 saturated carbocycles. The lowest BCUT2D eigenvalue weighted by Crippen LogP contribution is -2.41. The molecule has 2 N–H and O–H groups in total. The Balaban J connectivity index is 1.70. The van der Waals surface area contributed by atoms with Crippen LogP contribution in [0.1, 0.15) is 44.2 Å². The Morgan fingerprint density at radius 1 is 1.29 bits per heavy atom. The Bertz CT molecular complexity index is 474. The first-order valence-electron chi connectivity index (χ1n) is 7.98. The fourth-order valence-electron chi connectivity index (χ4n) is 2.51. The van der Waals surface area contributed by atoms with Crippen LogP contribution in [0, 0.1) is 0 Å². The average Bonchev–Trinajstić information content (AvgIpc) is 2.51. The number of aryl methyl sites for hydroxylation is 2. The number of ether oxygens (including phenoxy) is 1. The number of urea groups is 1. The first-order chi connectivity index (χ1) is 10.2. The van der Waals surface area contributed by atoms with Gasteiger partial charge in [-0.05, 0) is 62.3 Å². The second-order valence-electron chi connectivity index (χ2n) is 5.70. The molecule has 1 aromatic carbocycles. The van der Waals surface area contributed by atoms with Crippen LogP contribution < -0.4 is 15.4 Å². The van der Waals surface area contributed by atoms with Crippen LogP contribution in [0.5, 0.6) is 5.75 Å². The van der Waals surface area contributed by atoms with Gasteiger partial charge in [0.25, 0.3) is 0 Å². The third kappa shape index (κ3) is 4.96. The molecule has 116 valence electrons. The Morgan fingerprint density at radius 3 is 2.81 bits per heavy atom. The minimum Gasteiger partial charge on any atom is -0.492 e. The molecule has 0 spiro atoms. The Hall–Kier alpha value is -1.71. The van der Waals surface area contributed by atoms with Crippen LogP contribution in [0.15, 0.2) is 18.2 Å². The van der Waals surface area contributed by atoms with Gasteiger partial charge in [0.15, 0.2) is 0 Å². The molecule has 1 aliphatic carbocycles. The van der Waals surface area contributed by atoms with Crippen LogP contribution in [0.4, 0.5) is 4.79 Å². The quantitative estimate of drug-likeness (QED) is 0.791. The van der Waals surface area contributed by atoms with Crippen molar-refractivity contribution in [2.24, 2.45) is 0 Å². The third-order valence-corrected chi connectivity index (χ3v) is 3.97. The predicted octanol–water partition coefficient (Wildman–Crippen LogP) is 3.04. The van der Waals surface area contributed by atoms with E-state index in [0.29, 0.717) is 13.2 Å². The standard InChI is InChI=1S/C17H26N2O2/c1-3-13(2)19-17(20)18-10-11-21-16-9-8-14-6-4-5-7-15(14)12-16/h8-9,12-13H,3-7,10-11H2,1-2H3,(H2,18,19,20). The summed E-state index contributed by atoms with van der Waals surface area (Å²) in [5, 5.41) is 5.67. The van der Waals surface area contributed by atoms with Crippen molar-refractivity contribution in [1.29, 1.82) is 0 Å². The van der Waals surface area contributed by atoms with Gasteiger partial charge < -0.3 is 15.4 Å². The van der Waals surface area contributed by atoms with Crippen molar-refractivity contribution < 1.29 is 9.53 Å². The number of rotatable bonds is 6. The lowest BCUT2D eigenvalue weighted by Gasteiger charge is -2.17. The summed E-state index contributed by atoms with van der Waals surface area (Å²) in [6.07, 6.45) is 5.84. The summed E-state index contributed by atoms with van der Waals surface area (Å²) in [4.78, 5) is 11.5. The van der Waals surface area contributed by atoms with Crippen LogP contribution >= 0.6 is 0 Å². The van der Waals surface area contributed by atoms with Crippen molar-refractivity contribution in [3.8, 4) is 5.75 Å². The first kappa shape index (κ1) is 15.7. The van der Waals surface area contributed by atoms with Crippen LogP contribution in [0.2, 0.25) is 0 Å². The molecular formula is C17H26N2O2. The van der Waals surface area contributed by atoms with Crippen LogP contribution in [0.3, 0.4) is 0 Å². The molecule has 4 nitrogen and oxygen atoms in total. The van der Waals surface area contributed by atoms with Crippen molar-refractivity contribution in [2.45, 2.75) is 52.0 Å². The second kappa shape index (κ2) is 7.91. The van der Waals surface area contributed by atoms with E-state index >= 15 is 0 Å². The smallest absolute Gasteiger partial charge is 0.315 e. The van der Waals surface area contributed by atoms with Gasteiger partial charge in [0, 0.05) is 6.04 Å². The molecule has 1 aromatic rings. The Morgan fingerprint density at radius 2 is 2.05 bits per heavy atom. The second-order valence-corrected chi connectivity index (χ2v) is 5.70. The van der Waals surface area contributed by atoms with Crippen molar-refractivity contribution >= 4 is 6.03 Å². The largest absolute Gasteiger partial charge is 0.492 e. The molecule has 2 rings (SSSR count). The van der Waals surface area contributed by atoms with Gasteiger partial charge >= 0.3 is 6.03 Å². The number of nitrogens with one attached hydrogen (secondary N) is 2. The van der Waals surface area contributed by atoms with E-state index < -0.39 is 0 Å². The molecule has 4 heteroatoms. The van der Waals surface area contributed by atoms with Crippen molar-refractivity contribution in [3.05, 3.63) is 29.3 Å². The zero-order valence-corrected chi connectivity index (χ0v) is 13.1. The number of carbonyl (C=O) groups excluding carboxylic acids is 1. The van der Waals surface area contributed by atoms with Crippen LogP contribution in [-0.2, 0) is 12.8 Å². The van der Waals surface area contributed by atoms with Gasteiger partial charge in [-0.1, -0.05) is 13.0 Å². The van der Waals surface area contributed by atoms with E-state index in [1.807, 2.05) is 19.9 Å². The Kier molecular flexibility index (Phi) is 5.90. The van der Waals surface area contributed by atoms with Gasteiger partial charge in [0.05, 0.1) is 6.54 Å². The summed E-state index contributed by atoms with van der Waals surface area (Å²) in [5.41, 5.74) is 2.88. The SMILES string of the molecule is CCC(C)NC(=O)NCCOc1ccc2c(c1)CCCC2. The molecule has 0 heterocycles. The summed E-state index contributed by atoms with van der Waals surface area (Å²) in [6.45, 7) is 5.04. The van der Waals surface area contributed by atoms with Crippen molar-refractivity contribution in [3.63, 3.8) is 0 Å². The van der Waals surface area contributed by atoms with E-state index in [0.717, 1.165) is 18.6 Å². The monoisotopic (exact) mass is 290 g/mol. The number of benzene rings is 1. The van der Waals surface area contributed by atoms with Gasteiger partial charge in [-0.25, -0.2) is 4.79 Å². The van der Waals surface area contributed by atoms with Crippen molar-refractivity contribution in [1.82, 2.24) is 10.6 Å². The summed E-state index contributed by atoms with van der Waals surface area (Å²) in [6, 6.07) is 6.43. The fourth-order valence-corrected chi connectivity index (χ4v) is 2.51. The highest BCUT2D eigenvalue weighted by atomic mass is 16.5. The molecule has 0 fully saturated rings. The highest BCUT2D eigenvalue weighted by molar-refractivity contribution is 5.74. The van der Waals surface area contributed by atoms with E-state index in [1.165, 1.54) is 30.4 Å². The van der Waals surface area contributed by atoms with E-state index in [4.69, 9.17) is 4.74 Å². The maximum atomic E-state index is 11.5. The molecule has 1 atom stereocenters. The molecule has 1 unspecified atom stereocenters. The van der Waals surface area contributed by atoms with E-state index in [1.54, 1.807) is 0 Å². The molecule has 1 aliphatic rings. The van der Waals surface area contributed by atoms with Gasteiger partial charge in [0.1, 0.15) is 12.4 Å². The maximum Gasteiger partial charge on any atom is 0.315 e. The van der Waals surface area contributed by atoms with Gasteiger partial charge in [-0.2, -0.15) is 0 Å². The molecule has 0 aromatic heterocycles. The third-order valence-electron chi connectivity index (χ3n) is 3.97. The lowest BCUT2D eigenvalue weighted by atomic mass is 9.92. The molecule has 21 heavy (non-hydrogen) atoms. The van der Waals surface area contributed by atoms with Crippen molar-refractivity contribution in [2.75, 3.05) is 13.2 Å². The lowest BCUT2D eigenvalue weighted by molar-refractivity contribution is 0.233. The van der Waals surface area contributed by atoms with Gasteiger partial charge in [-0.3, -0.25) is 0 Å². The molecule has 0 aliphatic heterocycles. The summed E-state index contributed by atoms with van der Waals surface area (Å²) in [7, 11) is 0. The highest BCUT2D eigenvalue weighted by Crippen LogP contribution is 2.25. The summed E-state index contributed by atoms with van der Waals surface area (Å²) < 4.78 is 5.71. The molecule has 0 saturated heterocycles. The van der Waals surface area contributed by atoms with Crippen LogP contribution in [-0.4, -0.2) is 25.2 Å². The first-order valence-corrected chi connectivity index (χ1v) is 7.98. The minimum absolute atomic E-state index is 0.126. The zero-order chi connectivity index (χ0) is 15.1. The Labute approximate surface area is 127 Å². The zero-order valence-electron chi connectivity index (χ0n) is 13.1.